The van der Waals surface area contributed by atoms with Gasteiger partial charge >= 0.3 is 0 Å². The zero-order valence-electron chi connectivity index (χ0n) is 10.2. The Morgan fingerprint density at radius 3 is 2.19 bits per heavy atom. The molecule has 0 rings (SSSR count). The van der Waals surface area contributed by atoms with Crippen LogP contribution in [-0.4, -0.2) is 36.4 Å². The molecule has 4 nitrogen and oxygen atoms in total. The summed E-state index contributed by atoms with van der Waals surface area (Å²) in [7, 11) is 0. The van der Waals surface area contributed by atoms with E-state index < -0.39 is 0 Å². The molecule has 2 amide bonds. The summed E-state index contributed by atoms with van der Waals surface area (Å²) in [6, 6.07) is 0. The zero-order chi connectivity index (χ0) is 12.2. The fourth-order valence-electron chi connectivity index (χ4n) is 1.03. The topological polar surface area (TPSA) is 58.2 Å². The molecule has 0 aromatic heterocycles. The summed E-state index contributed by atoms with van der Waals surface area (Å²) >= 11 is 1.80. The highest BCUT2D eigenvalue weighted by atomic mass is 32.2. The zero-order valence-corrected chi connectivity index (χ0v) is 11.0. The van der Waals surface area contributed by atoms with Gasteiger partial charge in [0.2, 0.25) is 11.8 Å². The lowest BCUT2D eigenvalue weighted by atomic mass is 10.4. The average Bonchev–Trinajstić information content (AvgIpc) is 2.30. The largest absolute Gasteiger partial charge is 0.354 e. The lowest BCUT2D eigenvalue weighted by molar-refractivity contribution is -0.122. The van der Waals surface area contributed by atoms with Crippen molar-refractivity contribution < 1.29 is 9.59 Å². The number of thioether (sulfide) groups is 1. The Morgan fingerprint density at radius 1 is 1.00 bits per heavy atom. The van der Waals surface area contributed by atoms with Gasteiger partial charge in [0.05, 0.1) is 0 Å². The predicted molar refractivity (Wildman–Crippen MR) is 68.5 cm³/mol. The molecule has 0 aromatic rings. The van der Waals surface area contributed by atoms with Crippen LogP contribution < -0.4 is 10.6 Å². The van der Waals surface area contributed by atoms with Crippen molar-refractivity contribution in [2.24, 2.45) is 0 Å². The summed E-state index contributed by atoms with van der Waals surface area (Å²) in [6.07, 6.45) is 2.20. The molecule has 0 fully saturated rings. The molecule has 0 aliphatic carbocycles. The predicted octanol–water partition coefficient (Wildman–Crippen LogP) is 1.16. The van der Waals surface area contributed by atoms with E-state index in [1.165, 1.54) is 0 Å². The van der Waals surface area contributed by atoms with Crippen LogP contribution in [0.4, 0.5) is 0 Å². The van der Waals surface area contributed by atoms with Crippen molar-refractivity contribution in [2.45, 2.75) is 33.1 Å². The Hall–Kier alpha value is -0.710. The summed E-state index contributed by atoms with van der Waals surface area (Å²) in [5.74, 6) is 2.07. The molecule has 16 heavy (non-hydrogen) atoms. The van der Waals surface area contributed by atoms with Crippen LogP contribution in [-0.2, 0) is 9.59 Å². The smallest absolute Gasteiger partial charge is 0.220 e. The third kappa shape index (κ3) is 9.83. The minimum absolute atomic E-state index is 0.0211. The maximum atomic E-state index is 11.3. The molecule has 94 valence electrons. The summed E-state index contributed by atoms with van der Waals surface area (Å²) in [6.45, 7) is 4.96. The van der Waals surface area contributed by atoms with E-state index >= 15 is 0 Å². The molecular formula is C11H22N2O2S. The Balaban J connectivity index is 3.27. The van der Waals surface area contributed by atoms with Gasteiger partial charge in [-0.3, -0.25) is 9.59 Å². The number of rotatable bonds is 9. The van der Waals surface area contributed by atoms with Crippen LogP contribution in [0.15, 0.2) is 0 Å². The third-order valence-corrected chi connectivity index (χ3v) is 3.10. The van der Waals surface area contributed by atoms with Gasteiger partial charge < -0.3 is 10.6 Å². The molecule has 2 N–H and O–H groups in total. The molecule has 0 atom stereocenters. The van der Waals surface area contributed by atoms with Gasteiger partial charge in [0, 0.05) is 31.7 Å². The summed E-state index contributed by atoms with van der Waals surface area (Å²) in [5, 5.41) is 5.48. The van der Waals surface area contributed by atoms with Crippen LogP contribution in [0.5, 0.6) is 0 Å². The molecule has 0 unspecified atom stereocenters. The van der Waals surface area contributed by atoms with E-state index in [4.69, 9.17) is 0 Å². The highest BCUT2D eigenvalue weighted by Crippen LogP contribution is 2.03. The van der Waals surface area contributed by atoms with Crippen LogP contribution in [0.1, 0.15) is 33.1 Å². The van der Waals surface area contributed by atoms with Crippen LogP contribution >= 0.6 is 11.8 Å². The summed E-state index contributed by atoms with van der Waals surface area (Å²) in [4.78, 5) is 22.2. The second-order valence-electron chi connectivity index (χ2n) is 3.42. The minimum atomic E-state index is 0.0211. The van der Waals surface area contributed by atoms with Crippen LogP contribution in [0.2, 0.25) is 0 Å². The highest BCUT2D eigenvalue weighted by molar-refractivity contribution is 7.99. The van der Waals surface area contributed by atoms with Crippen molar-refractivity contribution in [3.8, 4) is 0 Å². The lowest BCUT2D eigenvalue weighted by Gasteiger charge is -2.06. The number of nitrogens with one attached hydrogen (secondary N) is 2. The van der Waals surface area contributed by atoms with Crippen molar-refractivity contribution in [1.29, 1.82) is 0 Å². The van der Waals surface area contributed by atoms with Crippen molar-refractivity contribution in [3.05, 3.63) is 0 Å². The standard InChI is InChI=1S/C11H22N2O2S/c1-3-8-16-9-5-11(15)13-7-6-12-10(14)4-2/h3-9H2,1-2H3,(H,12,14)(H,13,15). The van der Waals surface area contributed by atoms with Gasteiger partial charge in [-0.15, -0.1) is 0 Å². The van der Waals surface area contributed by atoms with E-state index in [9.17, 15) is 9.59 Å². The second-order valence-corrected chi connectivity index (χ2v) is 4.64. The van der Waals surface area contributed by atoms with Crippen molar-refractivity contribution >= 4 is 23.6 Å². The van der Waals surface area contributed by atoms with Gasteiger partial charge in [-0.25, -0.2) is 0 Å². The maximum absolute atomic E-state index is 11.3. The van der Waals surface area contributed by atoms with Crippen molar-refractivity contribution in [3.63, 3.8) is 0 Å². The first-order valence-corrected chi connectivity index (χ1v) is 6.97. The van der Waals surface area contributed by atoms with E-state index in [-0.39, 0.29) is 11.8 Å². The third-order valence-electron chi connectivity index (χ3n) is 1.91. The second kappa shape index (κ2) is 10.8. The van der Waals surface area contributed by atoms with Gasteiger partial charge in [0.15, 0.2) is 0 Å². The number of amides is 2. The molecule has 5 heteroatoms. The molecule has 0 aliphatic rings. The van der Waals surface area contributed by atoms with Gasteiger partial charge in [-0.05, 0) is 12.2 Å². The number of carbonyl (C=O) groups is 2. The summed E-state index contributed by atoms with van der Waals surface area (Å²) in [5.41, 5.74) is 0. The molecule has 0 saturated heterocycles. The molecule has 0 aliphatic heterocycles. The van der Waals surface area contributed by atoms with E-state index in [1.54, 1.807) is 18.7 Å². The van der Waals surface area contributed by atoms with E-state index in [1.807, 2.05) is 0 Å². The van der Waals surface area contributed by atoms with Gasteiger partial charge in [0.1, 0.15) is 0 Å². The number of carbonyl (C=O) groups excluding carboxylic acids is 2. The Labute approximate surface area is 102 Å². The van der Waals surface area contributed by atoms with Crippen LogP contribution in [0.3, 0.4) is 0 Å². The lowest BCUT2D eigenvalue weighted by Crippen LogP contribution is -2.34. The fourth-order valence-corrected chi connectivity index (χ4v) is 1.85. The molecule has 0 radical (unpaired) electrons. The van der Waals surface area contributed by atoms with Gasteiger partial charge in [-0.2, -0.15) is 11.8 Å². The van der Waals surface area contributed by atoms with Crippen LogP contribution in [0.25, 0.3) is 0 Å². The first-order chi connectivity index (χ1) is 7.70. The van der Waals surface area contributed by atoms with E-state index in [0.29, 0.717) is 25.9 Å². The first-order valence-electron chi connectivity index (χ1n) is 5.81. The Kier molecular flexibility index (Phi) is 10.3. The molecule has 0 aromatic carbocycles. The molecule has 0 spiro atoms. The SMILES string of the molecule is CCCSCCC(=O)NCCNC(=O)CC. The Bertz CT molecular complexity index is 210. The monoisotopic (exact) mass is 246 g/mol. The maximum Gasteiger partial charge on any atom is 0.220 e. The van der Waals surface area contributed by atoms with Gasteiger partial charge in [0.25, 0.3) is 0 Å². The van der Waals surface area contributed by atoms with Crippen molar-refractivity contribution in [2.75, 3.05) is 24.6 Å². The molecule has 0 saturated carbocycles. The van der Waals surface area contributed by atoms with Crippen LogP contribution in [0, 0.1) is 0 Å². The average molecular weight is 246 g/mol. The van der Waals surface area contributed by atoms with E-state index in [0.717, 1.165) is 17.9 Å². The number of hydrogen-bond donors (Lipinski definition) is 2. The number of hydrogen-bond acceptors (Lipinski definition) is 3. The normalized spacial score (nSPS) is 9.88. The highest BCUT2D eigenvalue weighted by Gasteiger charge is 2.00. The molecular weight excluding hydrogens is 224 g/mol. The summed E-state index contributed by atoms with van der Waals surface area (Å²) < 4.78 is 0. The van der Waals surface area contributed by atoms with Crippen molar-refractivity contribution in [1.82, 2.24) is 10.6 Å². The fraction of sp³-hybridized carbons (Fsp3) is 0.818. The quantitative estimate of drug-likeness (QED) is 0.600. The minimum Gasteiger partial charge on any atom is -0.354 e. The first kappa shape index (κ1) is 15.3. The molecule has 0 bridgehead atoms. The Morgan fingerprint density at radius 2 is 1.62 bits per heavy atom. The molecule has 0 heterocycles. The van der Waals surface area contributed by atoms with E-state index in [2.05, 4.69) is 17.6 Å². The van der Waals surface area contributed by atoms with Gasteiger partial charge in [-0.1, -0.05) is 13.8 Å².